The lowest BCUT2D eigenvalue weighted by Gasteiger charge is -2.22. The number of Topliss-reactive ketones (excluding diaryl/α,β-unsaturated/α-hetero) is 1. The Morgan fingerprint density at radius 2 is 1.97 bits per heavy atom. The SMILES string of the molecule is CSc1nc(/C=C(\C)[C@@H]2C[C@H]3[C@@H](CCCC[C@H](O)CC(=O)[C@@H](C)[C@@H](O)CC(=O)O2)N3CCOC(C)=O)cs1. The van der Waals surface area contributed by atoms with Crippen LogP contribution in [-0.4, -0.2) is 87.6 Å². The number of hydrogen-bond donors (Lipinski definition) is 2. The van der Waals surface area contributed by atoms with Gasteiger partial charge in [0.25, 0.3) is 0 Å². The highest BCUT2D eigenvalue weighted by molar-refractivity contribution is 8.00. The van der Waals surface area contributed by atoms with E-state index in [1.807, 2.05) is 24.6 Å². The number of aliphatic hydroxyl groups is 2. The van der Waals surface area contributed by atoms with Crippen LogP contribution in [0.25, 0.3) is 6.08 Å². The lowest BCUT2D eigenvalue weighted by Crippen LogP contribution is -2.32. The zero-order chi connectivity index (χ0) is 27.8. The molecule has 2 fully saturated rings. The molecule has 11 heteroatoms. The number of ether oxygens (including phenoxy) is 2. The molecule has 0 aliphatic carbocycles. The van der Waals surface area contributed by atoms with Gasteiger partial charge in [0.05, 0.1) is 24.3 Å². The molecular formula is C27H40N2O7S2. The molecule has 7 atom stereocenters. The van der Waals surface area contributed by atoms with Crippen molar-refractivity contribution in [2.75, 3.05) is 19.4 Å². The number of carbonyl (C=O) groups excluding carboxylic acids is 3. The average molecular weight is 569 g/mol. The van der Waals surface area contributed by atoms with E-state index in [4.69, 9.17) is 9.47 Å². The van der Waals surface area contributed by atoms with Gasteiger partial charge in [-0.25, -0.2) is 4.98 Å². The van der Waals surface area contributed by atoms with Gasteiger partial charge in [0.15, 0.2) is 0 Å². The van der Waals surface area contributed by atoms with E-state index in [1.165, 1.54) is 6.92 Å². The second-order valence-corrected chi connectivity index (χ2v) is 12.1. The van der Waals surface area contributed by atoms with Crippen molar-refractivity contribution in [2.24, 2.45) is 5.92 Å². The number of thiazole rings is 1. The van der Waals surface area contributed by atoms with Crippen molar-refractivity contribution in [2.45, 2.75) is 100 Å². The van der Waals surface area contributed by atoms with Gasteiger partial charge in [-0.1, -0.05) is 31.5 Å². The number of rotatable bonds is 6. The van der Waals surface area contributed by atoms with E-state index < -0.39 is 30.2 Å². The molecule has 38 heavy (non-hydrogen) atoms. The second kappa shape index (κ2) is 14.6. The lowest BCUT2D eigenvalue weighted by molar-refractivity contribution is -0.151. The highest BCUT2D eigenvalue weighted by atomic mass is 32.2. The van der Waals surface area contributed by atoms with Crippen molar-refractivity contribution in [1.82, 2.24) is 9.88 Å². The summed E-state index contributed by atoms with van der Waals surface area (Å²) in [5, 5.41) is 22.8. The van der Waals surface area contributed by atoms with Gasteiger partial charge in [-0.3, -0.25) is 19.3 Å². The number of ketones is 1. The van der Waals surface area contributed by atoms with Gasteiger partial charge in [0.2, 0.25) is 0 Å². The van der Waals surface area contributed by atoms with Crippen molar-refractivity contribution >= 4 is 46.9 Å². The Bertz CT molecular complexity index is 998. The van der Waals surface area contributed by atoms with Crippen molar-refractivity contribution < 1.29 is 34.1 Å². The van der Waals surface area contributed by atoms with Gasteiger partial charge in [-0.2, -0.15) is 0 Å². The van der Waals surface area contributed by atoms with Gasteiger partial charge in [0.1, 0.15) is 22.8 Å². The standard InChI is InChI=1S/C27H40N2O7S2/c1-16(11-19-15-38-27(28-19)37-4)25-13-22-21(29(22)9-10-35-18(3)30)8-6-5-7-20(31)12-23(32)17(2)24(33)14-26(34)36-25/h11,15,17,20-22,24-25,31,33H,5-10,12-14H2,1-4H3/b16-11+/t17-,20+,21-,22+,24+,25+,29?/m1/s1. The Morgan fingerprint density at radius 3 is 2.66 bits per heavy atom. The van der Waals surface area contributed by atoms with Crippen molar-refractivity contribution in [3.05, 3.63) is 16.6 Å². The first-order valence-electron chi connectivity index (χ1n) is 13.2. The van der Waals surface area contributed by atoms with Crippen LogP contribution in [0.2, 0.25) is 0 Å². The normalized spacial score (nSPS) is 31.8. The minimum absolute atomic E-state index is 0.0377. The molecule has 1 unspecified atom stereocenters. The van der Waals surface area contributed by atoms with Crippen molar-refractivity contribution in [3.63, 3.8) is 0 Å². The van der Waals surface area contributed by atoms with Crippen LogP contribution in [0.3, 0.4) is 0 Å². The van der Waals surface area contributed by atoms with Crippen LogP contribution >= 0.6 is 23.1 Å². The van der Waals surface area contributed by atoms with E-state index in [1.54, 1.807) is 30.0 Å². The summed E-state index contributed by atoms with van der Waals surface area (Å²) in [5.41, 5.74) is 1.65. The van der Waals surface area contributed by atoms with Gasteiger partial charge < -0.3 is 19.7 Å². The molecule has 0 spiro atoms. The predicted octanol–water partition coefficient (Wildman–Crippen LogP) is 3.47. The maximum atomic E-state index is 12.9. The van der Waals surface area contributed by atoms with Crippen LogP contribution in [0.1, 0.15) is 71.4 Å². The average Bonchev–Trinajstić information content (AvgIpc) is 3.27. The predicted molar refractivity (Wildman–Crippen MR) is 147 cm³/mol. The molecule has 0 aromatic carbocycles. The Morgan fingerprint density at radius 1 is 1.24 bits per heavy atom. The number of carbonyl (C=O) groups is 3. The quantitative estimate of drug-likeness (QED) is 0.299. The number of thioether (sulfide) groups is 1. The molecule has 2 N–H and O–H groups in total. The molecule has 0 radical (unpaired) electrons. The lowest BCUT2D eigenvalue weighted by atomic mass is 9.92. The van der Waals surface area contributed by atoms with Crippen molar-refractivity contribution in [3.8, 4) is 0 Å². The fraction of sp³-hybridized carbons (Fsp3) is 0.704. The first-order valence-corrected chi connectivity index (χ1v) is 15.3. The second-order valence-electron chi connectivity index (χ2n) is 10.2. The summed E-state index contributed by atoms with van der Waals surface area (Å²) in [4.78, 5) is 43.6. The summed E-state index contributed by atoms with van der Waals surface area (Å²) in [6.07, 6.45) is 4.72. The smallest absolute Gasteiger partial charge is 0.309 e. The molecule has 1 aromatic heterocycles. The number of esters is 2. The molecule has 0 amide bonds. The number of cyclic esters (lactones) is 1. The monoisotopic (exact) mass is 568 g/mol. The fourth-order valence-corrected chi connectivity index (χ4v) is 6.22. The van der Waals surface area contributed by atoms with E-state index in [2.05, 4.69) is 9.88 Å². The molecule has 2 saturated heterocycles. The van der Waals surface area contributed by atoms with Crippen LogP contribution in [0, 0.1) is 5.92 Å². The molecule has 2 aliphatic heterocycles. The number of aromatic nitrogens is 1. The summed E-state index contributed by atoms with van der Waals surface area (Å²) >= 11 is 3.13. The first kappa shape index (κ1) is 30.7. The fourth-order valence-electron chi connectivity index (χ4n) is 4.99. The third kappa shape index (κ3) is 9.15. The summed E-state index contributed by atoms with van der Waals surface area (Å²) in [6.45, 7) is 5.77. The molecule has 9 nitrogen and oxygen atoms in total. The largest absolute Gasteiger partial charge is 0.465 e. The molecular weight excluding hydrogens is 528 g/mol. The molecule has 3 heterocycles. The maximum absolute atomic E-state index is 12.9. The van der Waals surface area contributed by atoms with Gasteiger partial charge in [-0.05, 0) is 37.7 Å². The van der Waals surface area contributed by atoms with E-state index in [0.29, 0.717) is 26.0 Å². The van der Waals surface area contributed by atoms with Crippen LogP contribution in [-0.2, 0) is 23.9 Å². The third-order valence-corrected chi connectivity index (χ3v) is 9.22. The number of fused-ring (bicyclic) bond motifs is 1. The Balaban J connectivity index is 1.80. The summed E-state index contributed by atoms with van der Waals surface area (Å²) in [6, 6.07) is 0.395. The van der Waals surface area contributed by atoms with Crippen LogP contribution in [0.15, 0.2) is 15.3 Å². The Labute approximate surface area is 233 Å². The molecule has 2 aliphatic rings. The van der Waals surface area contributed by atoms with Gasteiger partial charge in [-0.15, -0.1) is 11.3 Å². The molecule has 1 aromatic rings. The number of nitrogens with zero attached hydrogens (tertiary/aromatic N) is 2. The highest BCUT2D eigenvalue weighted by Crippen LogP contribution is 2.38. The van der Waals surface area contributed by atoms with E-state index in [9.17, 15) is 24.6 Å². The number of aliphatic hydroxyl groups excluding tert-OH is 2. The number of hydrogen-bond acceptors (Lipinski definition) is 11. The summed E-state index contributed by atoms with van der Waals surface area (Å²) in [5.74, 6) is -1.93. The topological polar surface area (TPSA) is 126 Å². The molecule has 0 bridgehead atoms. The Kier molecular flexibility index (Phi) is 11.8. The zero-order valence-electron chi connectivity index (χ0n) is 22.6. The van der Waals surface area contributed by atoms with E-state index >= 15 is 0 Å². The van der Waals surface area contributed by atoms with Crippen LogP contribution in [0.5, 0.6) is 0 Å². The summed E-state index contributed by atoms with van der Waals surface area (Å²) < 4.78 is 12.0. The van der Waals surface area contributed by atoms with Crippen molar-refractivity contribution in [1.29, 1.82) is 0 Å². The molecule has 0 saturated carbocycles. The third-order valence-electron chi connectivity index (χ3n) is 7.33. The van der Waals surface area contributed by atoms with Crippen LogP contribution < -0.4 is 0 Å². The zero-order valence-corrected chi connectivity index (χ0v) is 24.3. The van der Waals surface area contributed by atoms with Gasteiger partial charge >= 0.3 is 11.9 Å². The highest BCUT2D eigenvalue weighted by Gasteiger charge is 2.48. The first-order chi connectivity index (χ1) is 18.1. The minimum Gasteiger partial charge on any atom is -0.465 e. The Hall–Kier alpha value is -1.79. The van der Waals surface area contributed by atoms with Crippen LogP contribution in [0.4, 0.5) is 0 Å². The summed E-state index contributed by atoms with van der Waals surface area (Å²) in [7, 11) is 0. The van der Waals surface area contributed by atoms with E-state index in [0.717, 1.165) is 34.9 Å². The minimum atomic E-state index is -1.18. The van der Waals surface area contributed by atoms with Gasteiger partial charge in [0, 0.05) is 49.7 Å². The van der Waals surface area contributed by atoms with E-state index in [-0.39, 0.29) is 36.7 Å². The maximum Gasteiger partial charge on any atom is 0.309 e. The molecule has 3 rings (SSSR count). The molecule has 212 valence electrons.